The molecule has 5 rings (SSSR count). The van der Waals surface area contributed by atoms with Gasteiger partial charge in [-0.1, -0.05) is 12.1 Å². The predicted molar refractivity (Wildman–Crippen MR) is 122 cm³/mol. The van der Waals surface area contributed by atoms with Gasteiger partial charge >= 0.3 is 0 Å². The van der Waals surface area contributed by atoms with E-state index in [1.54, 1.807) is 12.3 Å². The summed E-state index contributed by atoms with van der Waals surface area (Å²) in [7, 11) is 0. The number of benzene rings is 1. The molecule has 3 aromatic heterocycles. The number of aromatic amines is 1. The Morgan fingerprint density at radius 3 is 2.55 bits per heavy atom. The molecule has 8 heteroatoms. The van der Waals surface area contributed by atoms with Crippen molar-refractivity contribution in [1.29, 1.82) is 0 Å². The smallest absolute Gasteiger partial charge is 0.272 e. The lowest BCUT2D eigenvalue weighted by Crippen LogP contribution is -2.51. The number of halogens is 1. The number of anilines is 1. The molecule has 1 aliphatic carbocycles. The topological polar surface area (TPSA) is 99.8 Å². The summed E-state index contributed by atoms with van der Waals surface area (Å²) < 4.78 is 13.0. The first-order valence-electron chi connectivity index (χ1n) is 10.8. The number of aromatic nitrogens is 3. The van der Waals surface area contributed by atoms with E-state index in [-0.39, 0.29) is 18.2 Å². The Bertz CT molecular complexity index is 1280. The molecule has 166 valence electrons. The third kappa shape index (κ3) is 4.32. The van der Waals surface area contributed by atoms with Crippen LogP contribution in [0.1, 0.15) is 41.0 Å². The summed E-state index contributed by atoms with van der Waals surface area (Å²) in [6, 6.07) is 15.8. The van der Waals surface area contributed by atoms with Crippen LogP contribution in [-0.2, 0) is 16.8 Å². The van der Waals surface area contributed by atoms with Crippen molar-refractivity contribution in [2.45, 2.75) is 31.2 Å². The van der Waals surface area contributed by atoms with Gasteiger partial charge in [0.25, 0.3) is 5.91 Å². The second-order valence-electron chi connectivity index (χ2n) is 8.28. The number of hydrogen-bond acceptors (Lipinski definition) is 4. The first-order chi connectivity index (χ1) is 16.0. The van der Waals surface area contributed by atoms with E-state index >= 15 is 0 Å². The fourth-order valence-corrected chi connectivity index (χ4v) is 4.15. The molecule has 0 bridgehead atoms. The minimum absolute atomic E-state index is 0.0928. The zero-order valence-corrected chi connectivity index (χ0v) is 17.8. The third-order valence-electron chi connectivity index (χ3n) is 6.05. The Kier molecular flexibility index (Phi) is 5.34. The van der Waals surface area contributed by atoms with Crippen molar-refractivity contribution in [2.75, 3.05) is 5.32 Å². The molecule has 1 saturated carbocycles. The summed E-state index contributed by atoms with van der Waals surface area (Å²) >= 11 is 0. The molecule has 7 nitrogen and oxygen atoms in total. The van der Waals surface area contributed by atoms with Crippen LogP contribution in [0.15, 0.2) is 67.0 Å². The number of amides is 2. The summed E-state index contributed by atoms with van der Waals surface area (Å²) in [4.78, 5) is 36.4. The maximum Gasteiger partial charge on any atom is 0.272 e. The second-order valence-corrected chi connectivity index (χ2v) is 8.28. The van der Waals surface area contributed by atoms with Crippen LogP contribution in [0.25, 0.3) is 11.0 Å². The van der Waals surface area contributed by atoms with Crippen LogP contribution in [0.3, 0.4) is 0 Å². The molecular formula is C25H22FN5O2. The van der Waals surface area contributed by atoms with Crippen LogP contribution in [-0.4, -0.2) is 26.8 Å². The quantitative estimate of drug-likeness (QED) is 0.418. The van der Waals surface area contributed by atoms with Crippen molar-refractivity contribution in [2.24, 2.45) is 0 Å². The third-order valence-corrected chi connectivity index (χ3v) is 6.05. The van der Waals surface area contributed by atoms with E-state index in [0.717, 1.165) is 36.4 Å². The monoisotopic (exact) mass is 443 g/mol. The fourth-order valence-electron chi connectivity index (χ4n) is 4.15. The van der Waals surface area contributed by atoms with E-state index in [1.807, 2.05) is 36.4 Å². The van der Waals surface area contributed by atoms with Gasteiger partial charge in [-0.25, -0.2) is 9.37 Å². The number of carbonyl (C=O) groups excluding carboxylic acids is 2. The number of nitrogens with one attached hydrogen (secondary N) is 3. The molecule has 33 heavy (non-hydrogen) atoms. The van der Waals surface area contributed by atoms with E-state index in [4.69, 9.17) is 0 Å². The molecule has 2 amide bonds. The first kappa shape index (κ1) is 20.8. The van der Waals surface area contributed by atoms with Gasteiger partial charge in [0.15, 0.2) is 0 Å². The van der Waals surface area contributed by atoms with Gasteiger partial charge in [-0.3, -0.25) is 14.6 Å². The highest BCUT2D eigenvalue weighted by Gasteiger charge is 2.39. The van der Waals surface area contributed by atoms with Crippen molar-refractivity contribution < 1.29 is 14.0 Å². The van der Waals surface area contributed by atoms with Crippen molar-refractivity contribution in [3.8, 4) is 0 Å². The standard InChI is InChI=1S/C25H22FN5O2/c26-18-6-9-20(28-15-18)14-22(32)31-25(10-2-11-25)17-4-7-19(8-5-17)29-24(33)21-13-16-3-1-12-27-23(16)30-21/h1,3-9,12-13,15H,2,10-11,14H2,(H,27,30)(H,29,33)(H,31,32). The summed E-state index contributed by atoms with van der Waals surface area (Å²) in [5.74, 6) is -0.833. The van der Waals surface area contributed by atoms with Crippen molar-refractivity contribution in [1.82, 2.24) is 20.3 Å². The number of carbonyl (C=O) groups is 2. The summed E-state index contributed by atoms with van der Waals surface area (Å²) in [5, 5.41) is 6.90. The van der Waals surface area contributed by atoms with Gasteiger partial charge in [0, 0.05) is 23.0 Å². The average Bonchev–Trinajstić information content (AvgIpc) is 3.23. The van der Waals surface area contributed by atoms with Crippen molar-refractivity contribution in [3.05, 3.63) is 89.8 Å². The molecule has 4 aromatic rings. The molecule has 3 N–H and O–H groups in total. The van der Waals surface area contributed by atoms with Gasteiger partial charge in [0.05, 0.1) is 18.2 Å². The normalized spacial score (nSPS) is 14.5. The van der Waals surface area contributed by atoms with Gasteiger partial charge in [-0.15, -0.1) is 0 Å². The highest BCUT2D eigenvalue weighted by atomic mass is 19.1. The van der Waals surface area contributed by atoms with E-state index in [2.05, 4.69) is 25.6 Å². The van der Waals surface area contributed by atoms with Crippen LogP contribution < -0.4 is 10.6 Å². The second kappa shape index (κ2) is 8.46. The maximum atomic E-state index is 13.0. The molecule has 1 fully saturated rings. The molecule has 0 unspecified atom stereocenters. The lowest BCUT2D eigenvalue weighted by molar-refractivity contribution is -0.123. The highest BCUT2D eigenvalue weighted by Crippen LogP contribution is 2.41. The van der Waals surface area contributed by atoms with E-state index < -0.39 is 11.4 Å². The molecule has 0 aliphatic heterocycles. The minimum Gasteiger partial charge on any atom is -0.346 e. The zero-order valence-electron chi connectivity index (χ0n) is 17.8. The van der Waals surface area contributed by atoms with E-state index in [9.17, 15) is 14.0 Å². The van der Waals surface area contributed by atoms with Gasteiger partial charge in [0.1, 0.15) is 17.2 Å². The zero-order chi connectivity index (χ0) is 22.8. The molecule has 0 spiro atoms. The van der Waals surface area contributed by atoms with Crippen molar-refractivity contribution >= 4 is 28.5 Å². The van der Waals surface area contributed by atoms with E-state index in [1.165, 1.54) is 12.1 Å². The molecule has 3 heterocycles. The van der Waals surface area contributed by atoms with Crippen LogP contribution in [0.2, 0.25) is 0 Å². The Balaban J connectivity index is 1.25. The van der Waals surface area contributed by atoms with Crippen LogP contribution in [0, 0.1) is 5.82 Å². The number of hydrogen-bond donors (Lipinski definition) is 3. The highest BCUT2D eigenvalue weighted by molar-refractivity contribution is 6.05. The Morgan fingerprint density at radius 1 is 1.06 bits per heavy atom. The Labute approximate surface area is 189 Å². The summed E-state index contributed by atoms with van der Waals surface area (Å²) in [6.07, 6.45) is 5.57. The predicted octanol–water partition coefficient (Wildman–Crippen LogP) is 4.09. The minimum atomic E-state index is -0.428. The molecule has 0 radical (unpaired) electrons. The molecule has 0 saturated heterocycles. The van der Waals surface area contributed by atoms with Crippen LogP contribution >= 0.6 is 0 Å². The Morgan fingerprint density at radius 2 is 1.88 bits per heavy atom. The lowest BCUT2D eigenvalue weighted by Gasteiger charge is -2.43. The lowest BCUT2D eigenvalue weighted by atomic mass is 9.71. The fraction of sp³-hybridized carbons (Fsp3) is 0.200. The van der Waals surface area contributed by atoms with Crippen molar-refractivity contribution in [3.63, 3.8) is 0 Å². The molecule has 1 aromatic carbocycles. The van der Waals surface area contributed by atoms with Crippen LogP contribution in [0.4, 0.5) is 10.1 Å². The van der Waals surface area contributed by atoms with Gasteiger partial charge in [-0.05, 0) is 67.3 Å². The number of fused-ring (bicyclic) bond motifs is 1. The summed E-state index contributed by atoms with van der Waals surface area (Å²) in [6.45, 7) is 0. The number of nitrogens with zero attached hydrogens (tertiary/aromatic N) is 2. The molecule has 0 atom stereocenters. The molecule has 1 aliphatic rings. The largest absolute Gasteiger partial charge is 0.346 e. The maximum absolute atomic E-state index is 13.0. The number of pyridine rings is 2. The number of H-pyrrole nitrogens is 1. The van der Waals surface area contributed by atoms with Gasteiger partial charge in [0.2, 0.25) is 5.91 Å². The van der Waals surface area contributed by atoms with Gasteiger partial charge < -0.3 is 15.6 Å². The Hall–Kier alpha value is -4.07. The van der Waals surface area contributed by atoms with Gasteiger partial charge in [-0.2, -0.15) is 0 Å². The molecular weight excluding hydrogens is 421 g/mol. The first-order valence-corrected chi connectivity index (χ1v) is 10.8. The van der Waals surface area contributed by atoms with E-state index in [0.29, 0.717) is 22.7 Å². The number of rotatable bonds is 6. The average molecular weight is 443 g/mol. The SMILES string of the molecule is O=C(Cc1ccc(F)cn1)NC1(c2ccc(NC(=O)c3cc4cccnc4[nH]3)cc2)CCC1. The summed E-state index contributed by atoms with van der Waals surface area (Å²) in [5.41, 5.74) is 2.84. The van der Waals surface area contributed by atoms with Crippen LogP contribution in [0.5, 0.6) is 0 Å².